The molecule has 68 valence electrons. The van der Waals surface area contributed by atoms with E-state index in [1.165, 1.54) is 12.8 Å². The van der Waals surface area contributed by atoms with Gasteiger partial charge in [-0.3, -0.25) is 9.78 Å². The van der Waals surface area contributed by atoms with Gasteiger partial charge in [-0.1, -0.05) is 0 Å². The molecule has 0 radical (unpaired) electrons. The number of pyridine rings is 1. The summed E-state index contributed by atoms with van der Waals surface area (Å²) in [6, 6.07) is 1.83. The Morgan fingerprint density at radius 3 is 2.92 bits per heavy atom. The van der Waals surface area contributed by atoms with Gasteiger partial charge < -0.3 is 0 Å². The highest BCUT2D eigenvalue weighted by molar-refractivity contribution is 9.10. The molecule has 0 aliphatic heterocycles. The molecule has 1 heterocycles. The van der Waals surface area contributed by atoms with E-state index in [2.05, 4.69) is 20.9 Å². The number of halogens is 1. The van der Waals surface area contributed by atoms with E-state index in [1.54, 1.807) is 12.4 Å². The molecule has 0 aromatic carbocycles. The molecule has 2 nitrogen and oxygen atoms in total. The zero-order chi connectivity index (χ0) is 9.26. The van der Waals surface area contributed by atoms with Crippen LogP contribution in [0.4, 0.5) is 0 Å². The molecule has 0 bridgehead atoms. The van der Waals surface area contributed by atoms with Gasteiger partial charge in [0.05, 0.1) is 0 Å². The van der Waals surface area contributed by atoms with Gasteiger partial charge in [0, 0.05) is 28.9 Å². The molecule has 1 aliphatic carbocycles. The number of carbonyl (C=O) groups excluding carboxylic acids is 1. The fourth-order valence-electron chi connectivity index (χ4n) is 1.27. The van der Waals surface area contributed by atoms with Crippen LogP contribution in [0.25, 0.3) is 0 Å². The fourth-order valence-corrected chi connectivity index (χ4v) is 1.63. The average Bonchev–Trinajstić information content (AvgIpc) is 2.88. The minimum atomic E-state index is 0.219. The van der Waals surface area contributed by atoms with Crippen molar-refractivity contribution in [2.24, 2.45) is 5.92 Å². The molecule has 13 heavy (non-hydrogen) atoms. The maximum Gasteiger partial charge on any atom is 0.164 e. The van der Waals surface area contributed by atoms with Crippen LogP contribution in [0.3, 0.4) is 0 Å². The van der Waals surface area contributed by atoms with Gasteiger partial charge >= 0.3 is 0 Å². The molecule has 1 saturated carbocycles. The van der Waals surface area contributed by atoms with Crippen LogP contribution in [0.2, 0.25) is 0 Å². The molecule has 1 aromatic rings. The van der Waals surface area contributed by atoms with Crippen molar-refractivity contribution in [1.82, 2.24) is 4.98 Å². The lowest BCUT2D eigenvalue weighted by Gasteiger charge is -1.98. The summed E-state index contributed by atoms with van der Waals surface area (Å²) in [5.41, 5.74) is 0.723. The van der Waals surface area contributed by atoms with Crippen LogP contribution in [-0.2, 0) is 0 Å². The van der Waals surface area contributed by atoms with Crippen molar-refractivity contribution in [2.75, 3.05) is 0 Å². The Balaban J connectivity index is 2.09. The number of aromatic nitrogens is 1. The summed E-state index contributed by atoms with van der Waals surface area (Å²) in [6.07, 6.45) is 6.45. The average molecular weight is 240 g/mol. The molecule has 0 saturated heterocycles. The van der Waals surface area contributed by atoms with Gasteiger partial charge in [0.25, 0.3) is 0 Å². The van der Waals surface area contributed by atoms with E-state index in [9.17, 15) is 4.79 Å². The lowest BCUT2D eigenvalue weighted by molar-refractivity contribution is 0.0975. The van der Waals surface area contributed by atoms with Crippen LogP contribution in [0.15, 0.2) is 22.9 Å². The van der Waals surface area contributed by atoms with E-state index in [0.717, 1.165) is 10.0 Å². The third-order valence-corrected chi connectivity index (χ3v) is 2.63. The molecule has 0 N–H and O–H groups in total. The van der Waals surface area contributed by atoms with Crippen molar-refractivity contribution in [1.29, 1.82) is 0 Å². The van der Waals surface area contributed by atoms with Crippen LogP contribution in [0, 0.1) is 5.92 Å². The van der Waals surface area contributed by atoms with E-state index >= 15 is 0 Å². The lowest BCUT2D eigenvalue weighted by atomic mass is 10.1. The SMILES string of the molecule is O=C(CC1CC1)c1cncc(Br)c1. The topological polar surface area (TPSA) is 30.0 Å². The minimum absolute atomic E-state index is 0.219. The normalized spacial score (nSPS) is 15.8. The Bertz CT molecular complexity index is 333. The molecular formula is C10H10BrNO. The van der Waals surface area contributed by atoms with Crippen molar-refractivity contribution < 1.29 is 4.79 Å². The first-order chi connectivity index (χ1) is 6.25. The summed E-state index contributed by atoms with van der Waals surface area (Å²) in [6.45, 7) is 0. The Hall–Kier alpha value is -0.700. The number of hydrogen-bond acceptors (Lipinski definition) is 2. The van der Waals surface area contributed by atoms with E-state index in [1.807, 2.05) is 6.07 Å². The summed E-state index contributed by atoms with van der Waals surface area (Å²) in [7, 11) is 0. The molecule has 1 aromatic heterocycles. The van der Waals surface area contributed by atoms with Crippen molar-refractivity contribution in [2.45, 2.75) is 19.3 Å². The Morgan fingerprint density at radius 2 is 2.31 bits per heavy atom. The first kappa shape index (κ1) is 8.88. The highest BCUT2D eigenvalue weighted by atomic mass is 79.9. The summed E-state index contributed by atoms with van der Waals surface area (Å²) >= 11 is 3.30. The summed E-state index contributed by atoms with van der Waals surface area (Å²) in [5.74, 6) is 0.864. The van der Waals surface area contributed by atoms with Crippen molar-refractivity contribution in [3.63, 3.8) is 0 Å². The second-order valence-electron chi connectivity index (χ2n) is 3.46. The van der Waals surface area contributed by atoms with Gasteiger partial charge in [-0.15, -0.1) is 0 Å². The largest absolute Gasteiger partial charge is 0.294 e. The van der Waals surface area contributed by atoms with Crippen LogP contribution >= 0.6 is 15.9 Å². The highest BCUT2D eigenvalue weighted by Gasteiger charge is 2.24. The standard InChI is InChI=1S/C10H10BrNO/c11-9-4-8(5-12-6-9)10(13)3-7-1-2-7/h4-7H,1-3H2. The van der Waals surface area contributed by atoms with E-state index < -0.39 is 0 Å². The van der Waals surface area contributed by atoms with Crippen molar-refractivity contribution in [3.8, 4) is 0 Å². The quantitative estimate of drug-likeness (QED) is 0.760. The lowest BCUT2D eigenvalue weighted by Crippen LogP contribution is -2.00. The van der Waals surface area contributed by atoms with Crippen molar-refractivity contribution >= 4 is 21.7 Å². The van der Waals surface area contributed by atoms with Gasteiger partial charge in [0.1, 0.15) is 0 Å². The molecule has 0 unspecified atom stereocenters. The number of nitrogens with zero attached hydrogens (tertiary/aromatic N) is 1. The Labute approximate surface area is 85.5 Å². The molecule has 2 rings (SSSR count). The monoisotopic (exact) mass is 239 g/mol. The second-order valence-corrected chi connectivity index (χ2v) is 4.38. The van der Waals surface area contributed by atoms with Gasteiger partial charge in [-0.05, 0) is 40.8 Å². The third kappa shape index (κ3) is 2.37. The molecule has 1 aliphatic rings. The number of Topliss-reactive ketones (excluding diaryl/α,β-unsaturated/α-hetero) is 1. The predicted molar refractivity (Wildman–Crippen MR) is 53.6 cm³/mol. The Morgan fingerprint density at radius 1 is 1.54 bits per heavy atom. The summed E-state index contributed by atoms with van der Waals surface area (Å²) < 4.78 is 0.870. The number of rotatable bonds is 3. The molecule has 0 spiro atoms. The second kappa shape index (κ2) is 3.58. The van der Waals surface area contributed by atoms with Crippen molar-refractivity contribution in [3.05, 3.63) is 28.5 Å². The highest BCUT2D eigenvalue weighted by Crippen LogP contribution is 2.33. The Kier molecular flexibility index (Phi) is 2.44. The van der Waals surface area contributed by atoms with Crippen LogP contribution in [0.1, 0.15) is 29.6 Å². The molecule has 1 fully saturated rings. The first-order valence-electron chi connectivity index (χ1n) is 4.39. The van der Waals surface area contributed by atoms with Crippen LogP contribution in [0.5, 0.6) is 0 Å². The molecule has 3 heteroatoms. The summed E-state index contributed by atoms with van der Waals surface area (Å²) in [4.78, 5) is 15.6. The maximum atomic E-state index is 11.6. The van der Waals surface area contributed by atoms with E-state index in [-0.39, 0.29) is 5.78 Å². The first-order valence-corrected chi connectivity index (χ1v) is 5.19. The minimum Gasteiger partial charge on any atom is -0.294 e. The van der Waals surface area contributed by atoms with Crippen LogP contribution in [-0.4, -0.2) is 10.8 Å². The van der Waals surface area contributed by atoms with E-state index in [4.69, 9.17) is 0 Å². The van der Waals surface area contributed by atoms with Gasteiger partial charge in [0.2, 0.25) is 0 Å². The van der Waals surface area contributed by atoms with Gasteiger partial charge in [-0.25, -0.2) is 0 Å². The van der Waals surface area contributed by atoms with E-state index in [0.29, 0.717) is 12.3 Å². The number of carbonyl (C=O) groups is 1. The number of hydrogen-bond donors (Lipinski definition) is 0. The molecule has 0 atom stereocenters. The third-order valence-electron chi connectivity index (χ3n) is 2.20. The summed E-state index contributed by atoms with van der Waals surface area (Å²) in [5, 5.41) is 0. The zero-order valence-electron chi connectivity index (χ0n) is 7.16. The van der Waals surface area contributed by atoms with Gasteiger partial charge in [-0.2, -0.15) is 0 Å². The number of ketones is 1. The van der Waals surface area contributed by atoms with Crippen LogP contribution < -0.4 is 0 Å². The fraction of sp³-hybridized carbons (Fsp3) is 0.400. The zero-order valence-corrected chi connectivity index (χ0v) is 8.75. The van der Waals surface area contributed by atoms with Gasteiger partial charge in [0.15, 0.2) is 5.78 Å². The molecule has 0 amide bonds. The maximum absolute atomic E-state index is 11.6. The predicted octanol–water partition coefficient (Wildman–Crippen LogP) is 2.83. The smallest absolute Gasteiger partial charge is 0.164 e. The molecular weight excluding hydrogens is 230 g/mol.